The minimum Gasteiger partial charge on any atom is -0.491 e. The van der Waals surface area contributed by atoms with E-state index in [1.165, 1.54) is 31.2 Å². The van der Waals surface area contributed by atoms with Crippen molar-refractivity contribution in [1.29, 1.82) is 0 Å². The monoisotopic (exact) mass is 360 g/mol. The van der Waals surface area contributed by atoms with Gasteiger partial charge in [-0.3, -0.25) is 0 Å². The first-order valence-corrected chi connectivity index (χ1v) is 9.70. The van der Waals surface area contributed by atoms with Crippen LogP contribution in [-0.4, -0.2) is 30.9 Å². The van der Waals surface area contributed by atoms with Crippen LogP contribution in [0.1, 0.15) is 63.0 Å². The molecule has 1 aliphatic rings. The molecule has 0 spiro atoms. The Labute approximate surface area is 157 Å². The van der Waals surface area contributed by atoms with Crippen LogP contribution >= 0.6 is 0 Å². The van der Waals surface area contributed by atoms with E-state index in [0.29, 0.717) is 18.1 Å². The number of rotatable bonds is 9. The maximum Gasteiger partial charge on any atom is 0.333 e. The zero-order valence-electron chi connectivity index (χ0n) is 16.1. The Hall–Kier alpha value is -1.81. The van der Waals surface area contributed by atoms with Gasteiger partial charge in [-0.05, 0) is 61.6 Å². The molecule has 0 bridgehead atoms. The number of hydrogen-bond donors (Lipinski definition) is 1. The second-order valence-electron chi connectivity index (χ2n) is 7.42. The second kappa shape index (κ2) is 10.4. The van der Waals surface area contributed by atoms with Crippen molar-refractivity contribution < 1.29 is 19.4 Å². The van der Waals surface area contributed by atoms with Crippen molar-refractivity contribution in [2.45, 2.75) is 58.3 Å². The van der Waals surface area contributed by atoms with Crippen molar-refractivity contribution in [3.05, 3.63) is 41.5 Å². The molecule has 0 aromatic heterocycles. The van der Waals surface area contributed by atoms with Crippen LogP contribution in [0.3, 0.4) is 0 Å². The largest absolute Gasteiger partial charge is 0.491 e. The van der Waals surface area contributed by atoms with E-state index in [0.717, 1.165) is 30.1 Å². The first-order chi connectivity index (χ1) is 12.5. The van der Waals surface area contributed by atoms with Gasteiger partial charge in [0.15, 0.2) is 0 Å². The van der Waals surface area contributed by atoms with Crippen LogP contribution in [0.5, 0.6) is 5.75 Å². The van der Waals surface area contributed by atoms with Crippen LogP contribution < -0.4 is 4.74 Å². The van der Waals surface area contributed by atoms with Gasteiger partial charge in [-0.2, -0.15) is 0 Å². The van der Waals surface area contributed by atoms with Crippen molar-refractivity contribution in [2.75, 3.05) is 19.8 Å². The van der Waals surface area contributed by atoms with Gasteiger partial charge in [-0.25, -0.2) is 4.79 Å². The van der Waals surface area contributed by atoms with Crippen LogP contribution in [0.2, 0.25) is 0 Å². The Morgan fingerprint density at radius 3 is 2.62 bits per heavy atom. The molecule has 1 aromatic carbocycles. The lowest BCUT2D eigenvalue weighted by molar-refractivity contribution is -0.139. The number of esters is 1. The van der Waals surface area contributed by atoms with Crippen LogP contribution in [-0.2, 0) is 16.0 Å². The minimum absolute atomic E-state index is 0.00205. The fourth-order valence-electron chi connectivity index (χ4n) is 3.49. The van der Waals surface area contributed by atoms with Gasteiger partial charge in [0.25, 0.3) is 0 Å². The molecule has 0 heterocycles. The number of carbonyl (C=O) groups is 1. The minimum atomic E-state index is -0.341. The third kappa shape index (κ3) is 6.17. The molecular weight excluding hydrogens is 328 g/mol. The first kappa shape index (κ1) is 20.5. The highest BCUT2D eigenvalue weighted by atomic mass is 16.5. The van der Waals surface area contributed by atoms with Gasteiger partial charge >= 0.3 is 5.97 Å². The molecular formula is C22H32O4. The smallest absolute Gasteiger partial charge is 0.333 e. The van der Waals surface area contributed by atoms with Gasteiger partial charge in [0.2, 0.25) is 0 Å². The third-order valence-electron chi connectivity index (χ3n) is 5.09. The molecule has 1 aromatic rings. The van der Waals surface area contributed by atoms with Crippen molar-refractivity contribution in [3.8, 4) is 5.75 Å². The molecule has 1 fully saturated rings. The summed E-state index contributed by atoms with van der Waals surface area (Å²) in [6, 6.07) is 6.43. The molecule has 0 radical (unpaired) electrons. The summed E-state index contributed by atoms with van der Waals surface area (Å²) >= 11 is 0. The maximum absolute atomic E-state index is 11.5. The van der Waals surface area contributed by atoms with Gasteiger partial charge in [0.1, 0.15) is 12.4 Å². The number of ether oxygens (including phenoxy) is 2. The second-order valence-corrected chi connectivity index (χ2v) is 7.42. The molecule has 0 atom stereocenters. The molecule has 0 aliphatic heterocycles. The lowest BCUT2D eigenvalue weighted by atomic mass is 9.79. The Balaban J connectivity index is 2.01. The normalized spacial score (nSPS) is 19.8. The Morgan fingerprint density at radius 1 is 1.23 bits per heavy atom. The van der Waals surface area contributed by atoms with E-state index in [1.807, 2.05) is 6.07 Å². The van der Waals surface area contributed by atoms with Gasteiger partial charge in [-0.15, -0.1) is 0 Å². The van der Waals surface area contributed by atoms with Crippen molar-refractivity contribution >= 4 is 5.97 Å². The molecule has 1 N–H and O–H groups in total. The first-order valence-electron chi connectivity index (χ1n) is 9.70. The molecule has 2 rings (SSSR count). The maximum atomic E-state index is 11.5. The summed E-state index contributed by atoms with van der Waals surface area (Å²) in [5, 5.41) is 9.04. The number of aliphatic hydroxyl groups excluding tert-OH is 1. The van der Waals surface area contributed by atoms with E-state index in [-0.39, 0.29) is 19.2 Å². The van der Waals surface area contributed by atoms with E-state index in [2.05, 4.69) is 25.6 Å². The Bertz CT molecular complexity index is 600. The predicted molar refractivity (Wildman–Crippen MR) is 103 cm³/mol. The SMILES string of the molecule is C=C(C)C(=O)OCCCc1cc(C2CCC(C)CC2)ccc1OCCO. The average Bonchev–Trinajstić information content (AvgIpc) is 2.64. The number of aliphatic hydroxyl groups is 1. The summed E-state index contributed by atoms with van der Waals surface area (Å²) in [6.45, 7) is 8.23. The van der Waals surface area contributed by atoms with Gasteiger partial charge in [0, 0.05) is 5.57 Å². The lowest BCUT2D eigenvalue weighted by Crippen LogP contribution is -2.12. The van der Waals surface area contributed by atoms with E-state index < -0.39 is 0 Å². The topological polar surface area (TPSA) is 55.8 Å². The number of hydrogen-bond acceptors (Lipinski definition) is 4. The standard InChI is InChI=1S/C22H32O4/c1-16(2)22(24)26-13-4-5-20-15-19(10-11-21(20)25-14-12-23)18-8-6-17(3)7-9-18/h10-11,15,17-18,23H,1,4-9,12-14H2,2-3H3. The summed E-state index contributed by atoms with van der Waals surface area (Å²) < 4.78 is 10.9. The molecule has 1 saturated carbocycles. The summed E-state index contributed by atoms with van der Waals surface area (Å²) in [6.07, 6.45) is 6.58. The molecule has 144 valence electrons. The van der Waals surface area contributed by atoms with Gasteiger partial charge in [0.05, 0.1) is 13.2 Å². The zero-order chi connectivity index (χ0) is 18.9. The van der Waals surface area contributed by atoms with Gasteiger partial charge in [-0.1, -0.05) is 38.5 Å². The average molecular weight is 360 g/mol. The van der Waals surface area contributed by atoms with E-state index in [9.17, 15) is 4.79 Å². The number of benzene rings is 1. The summed E-state index contributed by atoms with van der Waals surface area (Å²) in [5.41, 5.74) is 2.92. The highest BCUT2D eigenvalue weighted by Crippen LogP contribution is 2.37. The molecule has 0 unspecified atom stereocenters. The fourth-order valence-corrected chi connectivity index (χ4v) is 3.49. The van der Waals surface area contributed by atoms with Crippen molar-refractivity contribution in [1.82, 2.24) is 0 Å². The van der Waals surface area contributed by atoms with Crippen molar-refractivity contribution in [2.24, 2.45) is 5.92 Å². The van der Waals surface area contributed by atoms with E-state index >= 15 is 0 Å². The third-order valence-corrected chi connectivity index (χ3v) is 5.09. The van der Waals surface area contributed by atoms with Gasteiger partial charge < -0.3 is 14.6 Å². The molecule has 0 amide bonds. The highest BCUT2D eigenvalue weighted by Gasteiger charge is 2.20. The lowest BCUT2D eigenvalue weighted by Gasteiger charge is -2.27. The Morgan fingerprint density at radius 2 is 1.96 bits per heavy atom. The molecule has 4 nitrogen and oxygen atoms in total. The molecule has 26 heavy (non-hydrogen) atoms. The van der Waals surface area contributed by atoms with Crippen LogP contribution in [0, 0.1) is 5.92 Å². The van der Waals surface area contributed by atoms with Crippen molar-refractivity contribution in [3.63, 3.8) is 0 Å². The number of aryl methyl sites for hydroxylation is 1. The fraction of sp³-hybridized carbons (Fsp3) is 0.591. The number of carbonyl (C=O) groups excluding carboxylic acids is 1. The Kier molecular flexibility index (Phi) is 8.17. The molecule has 0 saturated heterocycles. The molecule has 4 heteroatoms. The summed E-state index contributed by atoms with van der Waals surface area (Å²) in [7, 11) is 0. The van der Waals surface area contributed by atoms with E-state index in [1.54, 1.807) is 6.92 Å². The predicted octanol–water partition coefficient (Wildman–Crippen LogP) is 4.40. The molecule has 1 aliphatic carbocycles. The summed E-state index contributed by atoms with van der Waals surface area (Å²) in [5.74, 6) is 1.93. The summed E-state index contributed by atoms with van der Waals surface area (Å²) in [4.78, 5) is 11.5. The van der Waals surface area contributed by atoms with E-state index in [4.69, 9.17) is 14.6 Å². The van der Waals surface area contributed by atoms with Crippen LogP contribution in [0.25, 0.3) is 0 Å². The van der Waals surface area contributed by atoms with Crippen LogP contribution in [0.4, 0.5) is 0 Å². The highest BCUT2D eigenvalue weighted by molar-refractivity contribution is 5.86. The zero-order valence-corrected chi connectivity index (χ0v) is 16.1. The van der Waals surface area contributed by atoms with Crippen LogP contribution in [0.15, 0.2) is 30.4 Å². The quantitative estimate of drug-likeness (QED) is 0.403.